The summed E-state index contributed by atoms with van der Waals surface area (Å²) in [6, 6.07) is 4.07. The van der Waals surface area contributed by atoms with Gasteiger partial charge in [0.15, 0.2) is 0 Å². The van der Waals surface area contributed by atoms with E-state index in [1.807, 2.05) is 19.3 Å². The van der Waals surface area contributed by atoms with Gasteiger partial charge in [-0.15, -0.1) is 0 Å². The second-order valence-electron chi connectivity index (χ2n) is 2.76. The van der Waals surface area contributed by atoms with Crippen molar-refractivity contribution in [1.29, 1.82) is 0 Å². The number of halogens is 1. The summed E-state index contributed by atoms with van der Waals surface area (Å²) in [5.41, 5.74) is 2.49. The first-order valence-corrected chi connectivity index (χ1v) is 4.24. The van der Waals surface area contributed by atoms with E-state index >= 15 is 0 Å². The SMILES string of the molecule is Cn1cc(Cl)cn1.c1cc2ncc1-2. The van der Waals surface area contributed by atoms with Gasteiger partial charge in [0.2, 0.25) is 0 Å². The summed E-state index contributed by atoms with van der Waals surface area (Å²) in [7, 11) is 1.83. The highest BCUT2D eigenvalue weighted by Crippen LogP contribution is 2.25. The molecule has 0 amide bonds. The zero-order chi connectivity index (χ0) is 9.26. The zero-order valence-corrected chi connectivity index (χ0v) is 7.86. The molecular formula is C9H8ClN3. The average molecular weight is 194 g/mol. The van der Waals surface area contributed by atoms with Gasteiger partial charge in [-0.1, -0.05) is 11.6 Å². The number of fused-ring (bicyclic) bond motifs is 1. The Morgan fingerprint density at radius 1 is 1.31 bits per heavy atom. The molecule has 3 rings (SSSR count). The fourth-order valence-electron chi connectivity index (χ4n) is 0.945. The highest BCUT2D eigenvalue weighted by molar-refractivity contribution is 6.30. The second-order valence-corrected chi connectivity index (χ2v) is 3.20. The Balaban J connectivity index is 0.000000101. The maximum absolute atomic E-state index is 5.48. The van der Waals surface area contributed by atoms with Gasteiger partial charge in [0, 0.05) is 25.0 Å². The molecule has 0 unspecified atom stereocenters. The summed E-state index contributed by atoms with van der Waals surface area (Å²) < 4.78 is 1.66. The summed E-state index contributed by atoms with van der Waals surface area (Å²) in [4.78, 5) is 3.91. The van der Waals surface area contributed by atoms with Gasteiger partial charge < -0.3 is 0 Å². The third-order valence-electron chi connectivity index (χ3n) is 1.73. The molecule has 0 atom stereocenters. The largest absolute Gasteiger partial charge is 0.274 e. The van der Waals surface area contributed by atoms with E-state index in [0.717, 1.165) is 0 Å². The molecule has 0 radical (unpaired) electrons. The lowest BCUT2D eigenvalue weighted by molar-refractivity contribution is 0.768. The standard InChI is InChI=1S/C5H3N.C4H5ClN2/c1-2-5-4(1)3-6-5;1-7-3-4(5)2-6-7/h1-3H;2-3H,1H3. The molecule has 66 valence electrons. The van der Waals surface area contributed by atoms with Crippen LogP contribution in [-0.2, 0) is 7.05 Å². The fourth-order valence-corrected chi connectivity index (χ4v) is 1.13. The topological polar surface area (TPSA) is 30.7 Å². The molecule has 0 saturated heterocycles. The molecule has 0 aromatic carbocycles. The molecule has 13 heavy (non-hydrogen) atoms. The summed E-state index contributed by atoms with van der Waals surface area (Å²) >= 11 is 5.48. The number of hydrogen-bond acceptors (Lipinski definition) is 2. The molecule has 0 fully saturated rings. The molecule has 1 aliphatic heterocycles. The molecule has 3 nitrogen and oxygen atoms in total. The maximum Gasteiger partial charge on any atom is 0.0785 e. The number of pyridine rings is 1. The third-order valence-corrected chi connectivity index (χ3v) is 1.93. The zero-order valence-electron chi connectivity index (χ0n) is 7.11. The van der Waals surface area contributed by atoms with Crippen LogP contribution in [-0.4, -0.2) is 14.8 Å². The molecule has 0 saturated carbocycles. The number of hydrogen-bond donors (Lipinski definition) is 0. The van der Waals surface area contributed by atoms with Crippen LogP contribution in [0.15, 0.2) is 30.7 Å². The van der Waals surface area contributed by atoms with Crippen molar-refractivity contribution in [2.75, 3.05) is 0 Å². The molecule has 2 heterocycles. The van der Waals surface area contributed by atoms with Crippen molar-refractivity contribution >= 4 is 11.6 Å². The maximum atomic E-state index is 5.48. The summed E-state index contributed by atoms with van der Waals surface area (Å²) in [6.07, 6.45) is 5.21. The molecule has 1 aliphatic carbocycles. The third kappa shape index (κ3) is 1.70. The van der Waals surface area contributed by atoms with Crippen molar-refractivity contribution in [1.82, 2.24) is 14.8 Å². The summed E-state index contributed by atoms with van der Waals surface area (Å²) in [5.74, 6) is 0. The van der Waals surface area contributed by atoms with Gasteiger partial charge in [0.05, 0.1) is 16.9 Å². The highest BCUT2D eigenvalue weighted by atomic mass is 35.5. The van der Waals surface area contributed by atoms with Gasteiger partial charge in [-0.25, -0.2) is 0 Å². The Bertz CT molecular complexity index is 368. The number of rotatable bonds is 0. The van der Waals surface area contributed by atoms with Gasteiger partial charge in [-0.2, -0.15) is 5.10 Å². The lowest BCUT2D eigenvalue weighted by atomic mass is 10.1. The van der Waals surface area contributed by atoms with E-state index in [0.29, 0.717) is 5.02 Å². The van der Waals surface area contributed by atoms with Crippen LogP contribution in [0, 0.1) is 0 Å². The summed E-state index contributed by atoms with van der Waals surface area (Å²) in [5, 5.41) is 4.48. The fraction of sp³-hybridized carbons (Fsp3) is 0.111. The van der Waals surface area contributed by atoms with Crippen LogP contribution in [0.1, 0.15) is 0 Å². The Labute approximate surface area is 81.0 Å². The quantitative estimate of drug-likeness (QED) is 0.548. The van der Waals surface area contributed by atoms with Crippen LogP contribution >= 0.6 is 11.6 Å². The van der Waals surface area contributed by atoms with E-state index in [1.165, 1.54) is 11.3 Å². The van der Waals surface area contributed by atoms with E-state index in [2.05, 4.69) is 16.1 Å². The van der Waals surface area contributed by atoms with Crippen molar-refractivity contribution in [3.8, 4) is 11.3 Å². The van der Waals surface area contributed by atoms with Crippen LogP contribution in [0.4, 0.5) is 0 Å². The minimum Gasteiger partial charge on any atom is -0.274 e. The van der Waals surface area contributed by atoms with Gasteiger partial charge in [0.1, 0.15) is 0 Å². The van der Waals surface area contributed by atoms with Gasteiger partial charge in [-0.05, 0) is 12.1 Å². The normalized spacial score (nSPS) is 10.3. The highest BCUT2D eigenvalue weighted by Gasteiger charge is 2.06. The minimum absolute atomic E-state index is 0.683. The predicted molar refractivity (Wildman–Crippen MR) is 51.4 cm³/mol. The van der Waals surface area contributed by atoms with Crippen LogP contribution < -0.4 is 0 Å². The summed E-state index contributed by atoms with van der Waals surface area (Å²) in [6.45, 7) is 0. The van der Waals surface area contributed by atoms with E-state index in [-0.39, 0.29) is 0 Å². The Kier molecular flexibility index (Phi) is 2.02. The molecular weight excluding hydrogens is 186 g/mol. The van der Waals surface area contributed by atoms with Crippen molar-refractivity contribution in [3.05, 3.63) is 35.7 Å². The average Bonchev–Trinajstić information content (AvgIpc) is 2.43. The molecule has 0 bridgehead atoms. The Morgan fingerprint density at radius 3 is 2.15 bits per heavy atom. The van der Waals surface area contributed by atoms with Crippen molar-refractivity contribution in [3.63, 3.8) is 0 Å². The molecule has 0 spiro atoms. The number of nitrogens with zero attached hydrogens (tertiary/aromatic N) is 3. The van der Waals surface area contributed by atoms with Crippen LogP contribution in [0.25, 0.3) is 11.3 Å². The molecule has 4 heteroatoms. The monoisotopic (exact) mass is 193 g/mol. The van der Waals surface area contributed by atoms with Crippen molar-refractivity contribution < 1.29 is 0 Å². The molecule has 1 aromatic heterocycles. The van der Waals surface area contributed by atoms with Crippen LogP contribution in [0.3, 0.4) is 0 Å². The Hall–Kier alpha value is -1.35. The van der Waals surface area contributed by atoms with Gasteiger partial charge >= 0.3 is 0 Å². The van der Waals surface area contributed by atoms with Gasteiger partial charge in [0.25, 0.3) is 0 Å². The first-order chi connectivity index (χ1) is 6.25. The van der Waals surface area contributed by atoms with Crippen molar-refractivity contribution in [2.24, 2.45) is 7.05 Å². The lowest BCUT2D eigenvalue weighted by Crippen LogP contribution is -1.92. The molecule has 2 aliphatic rings. The Morgan fingerprint density at radius 2 is 2.08 bits per heavy atom. The molecule has 0 N–H and O–H groups in total. The van der Waals surface area contributed by atoms with E-state index < -0.39 is 0 Å². The predicted octanol–water partition coefficient (Wildman–Crippen LogP) is 2.14. The number of aryl methyl sites for hydroxylation is 1. The van der Waals surface area contributed by atoms with Crippen molar-refractivity contribution in [2.45, 2.75) is 0 Å². The smallest absolute Gasteiger partial charge is 0.0785 e. The van der Waals surface area contributed by atoms with E-state index in [1.54, 1.807) is 17.1 Å². The molecule has 1 aromatic rings. The van der Waals surface area contributed by atoms with E-state index in [9.17, 15) is 0 Å². The van der Waals surface area contributed by atoms with Gasteiger partial charge in [-0.3, -0.25) is 9.67 Å². The van der Waals surface area contributed by atoms with Crippen LogP contribution in [0.2, 0.25) is 5.02 Å². The second kappa shape index (κ2) is 3.18. The first-order valence-electron chi connectivity index (χ1n) is 3.86. The van der Waals surface area contributed by atoms with E-state index in [4.69, 9.17) is 11.6 Å². The lowest BCUT2D eigenvalue weighted by Gasteiger charge is -2.08. The minimum atomic E-state index is 0.683. The van der Waals surface area contributed by atoms with Crippen LogP contribution in [0.5, 0.6) is 0 Å². The first kappa shape index (κ1) is 8.26. The number of aromatic nitrogens is 3.